The van der Waals surface area contributed by atoms with Crippen molar-refractivity contribution in [3.8, 4) is 16.9 Å². The van der Waals surface area contributed by atoms with Crippen molar-refractivity contribution < 1.29 is 18.0 Å². The minimum Gasteiger partial charge on any atom is -0.285 e. The van der Waals surface area contributed by atoms with Crippen molar-refractivity contribution in [1.29, 1.82) is 0 Å². The van der Waals surface area contributed by atoms with E-state index >= 15 is 0 Å². The Morgan fingerprint density at radius 2 is 1.53 bits per heavy atom. The van der Waals surface area contributed by atoms with E-state index in [-0.39, 0.29) is 5.69 Å². The SMILES string of the molecule is O=C(N=c1scc(-c2ccccc2)n1-c1cccc(C(F)(F)F)c1)c1ccccc1. The third kappa shape index (κ3) is 4.11. The number of carbonyl (C=O) groups is 1. The minimum atomic E-state index is -4.48. The van der Waals surface area contributed by atoms with Gasteiger partial charge < -0.3 is 0 Å². The van der Waals surface area contributed by atoms with Crippen molar-refractivity contribution in [3.63, 3.8) is 0 Å². The Morgan fingerprint density at radius 3 is 2.20 bits per heavy atom. The van der Waals surface area contributed by atoms with E-state index in [1.807, 2.05) is 30.3 Å². The molecule has 150 valence electrons. The number of nitrogens with zero attached hydrogens (tertiary/aromatic N) is 2. The highest BCUT2D eigenvalue weighted by molar-refractivity contribution is 7.07. The lowest BCUT2D eigenvalue weighted by Gasteiger charge is -2.12. The van der Waals surface area contributed by atoms with E-state index < -0.39 is 17.6 Å². The zero-order valence-corrected chi connectivity index (χ0v) is 16.3. The average Bonchev–Trinajstić information content (AvgIpc) is 3.18. The fourth-order valence-electron chi connectivity index (χ4n) is 3.00. The Balaban J connectivity index is 1.92. The van der Waals surface area contributed by atoms with E-state index in [2.05, 4.69) is 4.99 Å². The molecule has 0 spiro atoms. The maximum atomic E-state index is 13.3. The van der Waals surface area contributed by atoms with Crippen LogP contribution in [0.1, 0.15) is 15.9 Å². The van der Waals surface area contributed by atoms with Gasteiger partial charge >= 0.3 is 6.18 Å². The molecule has 4 aromatic rings. The smallest absolute Gasteiger partial charge is 0.285 e. The van der Waals surface area contributed by atoms with Crippen LogP contribution in [0.15, 0.2) is 95.3 Å². The van der Waals surface area contributed by atoms with Gasteiger partial charge in [-0.15, -0.1) is 11.3 Å². The summed E-state index contributed by atoms with van der Waals surface area (Å²) in [4.78, 5) is 17.1. The molecule has 0 saturated carbocycles. The largest absolute Gasteiger partial charge is 0.416 e. The number of alkyl halides is 3. The molecule has 4 rings (SSSR count). The number of aromatic nitrogens is 1. The van der Waals surface area contributed by atoms with Crippen molar-refractivity contribution in [2.24, 2.45) is 4.99 Å². The van der Waals surface area contributed by atoms with E-state index in [1.54, 1.807) is 46.3 Å². The van der Waals surface area contributed by atoms with Crippen LogP contribution in [-0.4, -0.2) is 10.5 Å². The van der Waals surface area contributed by atoms with Gasteiger partial charge in [-0.3, -0.25) is 9.36 Å². The summed E-state index contributed by atoms with van der Waals surface area (Å²) in [6, 6.07) is 22.8. The third-order valence-corrected chi connectivity index (χ3v) is 5.25. The molecule has 0 aliphatic heterocycles. The number of benzene rings is 3. The van der Waals surface area contributed by atoms with Crippen LogP contribution < -0.4 is 4.80 Å². The zero-order valence-electron chi connectivity index (χ0n) is 15.5. The van der Waals surface area contributed by atoms with Gasteiger partial charge in [-0.1, -0.05) is 54.6 Å². The molecule has 3 nitrogen and oxygen atoms in total. The van der Waals surface area contributed by atoms with Crippen molar-refractivity contribution in [2.75, 3.05) is 0 Å². The molecule has 30 heavy (non-hydrogen) atoms. The second-order valence-corrected chi connectivity index (χ2v) is 7.27. The predicted molar refractivity (Wildman–Crippen MR) is 110 cm³/mol. The molecule has 0 radical (unpaired) electrons. The second-order valence-electron chi connectivity index (χ2n) is 6.44. The Bertz CT molecular complexity index is 1240. The molecule has 0 aliphatic rings. The maximum Gasteiger partial charge on any atom is 0.416 e. The van der Waals surface area contributed by atoms with Gasteiger partial charge in [-0.25, -0.2) is 0 Å². The number of halogens is 3. The van der Waals surface area contributed by atoms with Crippen LogP contribution in [0, 0.1) is 0 Å². The minimum absolute atomic E-state index is 0.282. The number of hydrogen-bond donors (Lipinski definition) is 0. The maximum absolute atomic E-state index is 13.3. The Labute approximate surface area is 174 Å². The van der Waals surface area contributed by atoms with Gasteiger partial charge in [0.2, 0.25) is 0 Å². The lowest BCUT2D eigenvalue weighted by atomic mass is 10.1. The molecule has 0 atom stereocenters. The molecule has 0 N–H and O–H groups in total. The second kappa shape index (κ2) is 8.12. The van der Waals surface area contributed by atoms with Gasteiger partial charge in [0.05, 0.1) is 11.3 Å². The number of amides is 1. The van der Waals surface area contributed by atoms with Crippen LogP contribution in [-0.2, 0) is 6.18 Å². The fraction of sp³-hybridized carbons (Fsp3) is 0.0435. The summed E-state index contributed by atoms with van der Waals surface area (Å²) in [6.45, 7) is 0. The van der Waals surface area contributed by atoms with Crippen LogP contribution in [0.25, 0.3) is 16.9 Å². The molecule has 1 heterocycles. The van der Waals surface area contributed by atoms with E-state index in [0.717, 1.165) is 17.7 Å². The zero-order chi connectivity index (χ0) is 21.1. The molecular weight excluding hydrogens is 409 g/mol. The first-order valence-electron chi connectivity index (χ1n) is 9.01. The third-order valence-electron chi connectivity index (χ3n) is 4.43. The first kappa shape index (κ1) is 19.8. The van der Waals surface area contributed by atoms with Crippen molar-refractivity contribution in [1.82, 2.24) is 4.57 Å². The first-order chi connectivity index (χ1) is 14.4. The Morgan fingerprint density at radius 1 is 0.867 bits per heavy atom. The van der Waals surface area contributed by atoms with Crippen molar-refractivity contribution in [2.45, 2.75) is 6.18 Å². The number of carbonyl (C=O) groups excluding carboxylic acids is 1. The van der Waals surface area contributed by atoms with Crippen LogP contribution in [0.3, 0.4) is 0 Å². The summed E-state index contributed by atoms with van der Waals surface area (Å²) in [7, 11) is 0. The molecule has 0 fully saturated rings. The highest BCUT2D eigenvalue weighted by Crippen LogP contribution is 2.31. The van der Waals surface area contributed by atoms with Crippen LogP contribution in [0.4, 0.5) is 13.2 Å². The van der Waals surface area contributed by atoms with Crippen LogP contribution >= 0.6 is 11.3 Å². The average molecular weight is 424 g/mol. The monoisotopic (exact) mass is 424 g/mol. The summed E-state index contributed by atoms with van der Waals surface area (Å²) >= 11 is 1.20. The summed E-state index contributed by atoms with van der Waals surface area (Å²) < 4.78 is 41.4. The van der Waals surface area contributed by atoms with E-state index in [4.69, 9.17) is 0 Å². The van der Waals surface area contributed by atoms with Crippen molar-refractivity contribution >= 4 is 17.2 Å². The summed E-state index contributed by atoms with van der Waals surface area (Å²) in [6.07, 6.45) is -4.48. The summed E-state index contributed by atoms with van der Waals surface area (Å²) in [5.74, 6) is -0.460. The molecule has 0 bridgehead atoms. The van der Waals surface area contributed by atoms with Gasteiger partial charge in [0.25, 0.3) is 5.91 Å². The quantitative estimate of drug-likeness (QED) is 0.399. The molecule has 7 heteroatoms. The lowest BCUT2D eigenvalue weighted by Crippen LogP contribution is -2.17. The van der Waals surface area contributed by atoms with E-state index in [1.165, 1.54) is 17.4 Å². The molecule has 3 aromatic carbocycles. The van der Waals surface area contributed by atoms with Crippen molar-refractivity contribution in [3.05, 3.63) is 106 Å². The summed E-state index contributed by atoms with van der Waals surface area (Å²) in [5, 5.41) is 1.78. The number of rotatable bonds is 3. The van der Waals surface area contributed by atoms with Gasteiger partial charge in [0.1, 0.15) is 0 Å². The first-order valence-corrected chi connectivity index (χ1v) is 9.89. The van der Waals surface area contributed by atoms with Gasteiger partial charge in [-0.2, -0.15) is 18.2 Å². The van der Waals surface area contributed by atoms with Crippen LogP contribution in [0.2, 0.25) is 0 Å². The number of thiazole rings is 1. The molecule has 0 saturated heterocycles. The Kier molecular flexibility index (Phi) is 5.37. The van der Waals surface area contributed by atoms with E-state index in [9.17, 15) is 18.0 Å². The van der Waals surface area contributed by atoms with Gasteiger partial charge in [0, 0.05) is 16.6 Å². The predicted octanol–water partition coefficient (Wildman–Crippen LogP) is 5.97. The normalized spacial score (nSPS) is 12.2. The molecular formula is C23H15F3N2OS. The summed E-state index contributed by atoms with van der Waals surface area (Å²) in [5.41, 5.74) is 1.38. The van der Waals surface area contributed by atoms with Gasteiger partial charge in [0.15, 0.2) is 4.80 Å². The Hall–Kier alpha value is -3.45. The molecule has 1 aromatic heterocycles. The standard InChI is InChI=1S/C23H15F3N2OS/c24-23(25,26)18-12-7-13-19(14-18)28-20(16-8-3-1-4-9-16)15-30-22(28)27-21(29)17-10-5-2-6-11-17/h1-15H. The molecule has 0 aliphatic carbocycles. The molecule has 0 unspecified atom stereocenters. The fourth-order valence-corrected chi connectivity index (χ4v) is 3.91. The van der Waals surface area contributed by atoms with Crippen LogP contribution in [0.5, 0.6) is 0 Å². The lowest BCUT2D eigenvalue weighted by molar-refractivity contribution is -0.137. The highest BCUT2D eigenvalue weighted by atomic mass is 32.1. The van der Waals surface area contributed by atoms with E-state index in [0.29, 0.717) is 16.1 Å². The number of hydrogen-bond acceptors (Lipinski definition) is 2. The topological polar surface area (TPSA) is 34.4 Å². The molecule has 1 amide bonds. The van der Waals surface area contributed by atoms with Gasteiger partial charge in [-0.05, 0) is 35.9 Å². The highest BCUT2D eigenvalue weighted by Gasteiger charge is 2.30.